The summed E-state index contributed by atoms with van der Waals surface area (Å²) in [6.45, 7) is 3.59. The summed E-state index contributed by atoms with van der Waals surface area (Å²) in [6, 6.07) is 7.86. The number of nitrogens with one attached hydrogen (secondary N) is 2. The Hall–Kier alpha value is -3.33. The molecule has 1 aliphatic heterocycles. The van der Waals surface area contributed by atoms with Crippen molar-refractivity contribution in [1.82, 2.24) is 19.4 Å². The molecule has 37 heavy (non-hydrogen) atoms. The van der Waals surface area contributed by atoms with Crippen molar-refractivity contribution in [3.8, 4) is 0 Å². The summed E-state index contributed by atoms with van der Waals surface area (Å²) in [5.41, 5.74) is 2.47. The number of carbonyl (C=O) groups excluding carboxylic acids is 1. The first kappa shape index (κ1) is 25.3. The van der Waals surface area contributed by atoms with E-state index in [0.29, 0.717) is 41.8 Å². The smallest absolute Gasteiger partial charge is 0.252 e. The highest BCUT2D eigenvalue weighted by atomic mass is 35.5. The van der Waals surface area contributed by atoms with Gasteiger partial charge in [-0.15, -0.1) is 0 Å². The molecule has 2 aliphatic rings. The molecule has 0 spiro atoms. The zero-order chi connectivity index (χ0) is 26.3. The molecule has 196 valence electrons. The van der Waals surface area contributed by atoms with Crippen LogP contribution in [0.3, 0.4) is 0 Å². The summed E-state index contributed by atoms with van der Waals surface area (Å²) in [7, 11) is 5.39. The second-order valence-electron chi connectivity index (χ2n) is 10.4. The summed E-state index contributed by atoms with van der Waals surface area (Å²) < 4.78 is 1.66. The van der Waals surface area contributed by atoms with Crippen molar-refractivity contribution in [2.75, 3.05) is 42.7 Å². The molecule has 1 amide bonds. The number of carbonyl (C=O) groups is 1. The van der Waals surface area contributed by atoms with Crippen LogP contribution in [0, 0.1) is 11.8 Å². The topological polar surface area (TPSA) is 95.4 Å². The van der Waals surface area contributed by atoms with Crippen LogP contribution >= 0.6 is 11.6 Å². The van der Waals surface area contributed by atoms with E-state index in [4.69, 9.17) is 16.6 Å². The number of hydrogen-bond donors (Lipinski definition) is 2. The Labute approximate surface area is 221 Å². The van der Waals surface area contributed by atoms with Crippen LogP contribution in [0.1, 0.15) is 32.6 Å². The van der Waals surface area contributed by atoms with Gasteiger partial charge in [0.2, 0.25) is 11.9 Å². The number of amides is 1. The van der Waals surface area contributed by atoms with E-state index in [-0.39, 0.29) is 17.4 Å². The van der Waals surface area contributed by atoms with Crippen LogP contribution in [-0.4, -0.2) is 58.6 Å². The van der Waals surface area contributed by atoms with Gasteiger partial charge in [-0.3, -0.25) is 9.59 Å². The first-order valence-electron chi connectivity index (χ1n) is 12.9. The minimum Gasteiger partial charge on any atom is -0.382 e. The molecule has 1 saturated carbocycles. The van der Waals surface area contributed by atoms with E-state index in [0.717, 1.165) is 35.1 Å². The Balaban J connectivity index is 1.38. The average molecular weight is 524 g/mol. The molecule has 0 bridgehead atoms. The number of nitrogens with zero attached hydrogens (tertiary/aromatic N) is 5. The third-order valence-electron chi connectivity index (χ3n) is 7.52. The van der Waals surface area contributed by atoms with Crippen LogP contribution in [0.25, 0.3) is 10.9 Å². The largest absolute Gasteiger partial charge is 0.382 e. The van der Waals surface area contributed by atoms with Gasteiger partial charge in [0, 0.05) is 69.0 Å². The minimum atomic E-state index is -0.0433. The first-order chi connectivity index (χ1) is 17.7. The maximum atomic E-state index is 12.6. The number of benzene rings is 1. The fraction of sp³-hybridized carbons (Fsp3) is 0.481. The van der Waals surface area contributed by atoms with Crippen LogP contribution in [0.2, 0.25) is 5.02 Å². The van der Waals surface area contributed by atoms with Gasteiger partial charge in [-0.05, 0) is 56.7 Å². The van der Waals surface area contributed by atoms with Crippen molar-refractivity contribution in [3.63, 3.8) is 0 Å². The van der Waals surface area contributed by atoms with Gasteiger partial charge in [-0.25, -0.2) is 4.98 Å². The molecule has 2 N–H and O–H groups in total. The zero-order valence-corrected chi connectivity index (χ0v) is 22.5. The van der Waals surface area contributed by atoms with Gasteiger partial charge >= 0.3 is 0 Å². The third kappa shape index (κ3) is 5.37. The van der Waals surface area contributed by atoms with E-state index < -0.39 is 0 Å². The van der Waals surface area contributed by atoms with Crippen molar-refractivity contribution < 1.29 is 4.79 Å². The monoisotopic (exact) mass is 523 g/mol. The summed E-state index contributed by atoms with van der Waals surface area (Å²) in [5.74, 6) is 1.97. The number of anilines is 4. The summed E-state index contributed by atoms with van der Waals surface area (Å²) in [6.07, 6.45) is 5.59. The van der Waals surface area contributed by atoms with Crippen molar-refractivity contribution in [2.24, 2.45) is 18.9 Å². The van der Waals surface area contributed by atoms with E-state index in [9.17, 15) is 9.59 Å². The van der Waals surface area contributed by atoms with Crippen molar-refractivity contribution in [1.29, 1.82) is 0 Å². The maximum Gasteiger partial charge on any atom is 0.252 e. The Morgan fingerprint density at radius 2 is 1.89 bits per heavy atom. The van der Waals surface area contributed by atoms with Crippen molar-refractivity contribution in [3.05, 3.63) is 45.8 Å². The minimum absolute atomic E-state index is 0.0372. The molecule has 3 heterocycles. The molecule has 1 aromatic carbocycles. The molecule has 1 unspecified atom stereocenters. The lowest BCUT2D eigenvalue weighted by Crippen LogP contribution is -2.40. The standard InChI is InChI=1S/C27H34ClN7O2/c1-16(17-5-6-17)30-22-14-24(36)34(4)23-8-7-19(13-20(22)23)31-25-21(28)15-29-27(32-25)35-11-9-18(10-12-35)26(37)33(2)3/h7-8,13-18,30H,5-6,9-12H2,1-4H3,(H,29,31,32). The number of fused-ring (bicyclic) bond motifs is 1. The van der Waals surface area contributed by atoms with Gasteiger partial charge in [0.25, 0.3) is 5.56 Å². The highest BCUT2D eigenvalue weighted by Gasteiger charge is 2.29. The van der Waals surface area contributed by atoms with Gasteiger partial charge in [-0.1, -0.05) is 11.6 Å². The zero-order valence-electron chi connectivity index (χ0n) is 21.8. The van der Waals surface area contributed by atoms with Crippen molar-refractivity contribution >= 4 is 51.6 Å². The fourth-order valence-corrected chi connectivity index (χ4v) is 5.18. The molecular weight excluding hydrogens is 490 g/mol. The summed E-state index contributed by atoms with van der Waals surface area (Å²) in [5, 5.41) is 8.29. The predicted octanol–water partition coefficient (Wildman–Crippen LogP) is 4.24. The fourth-order valence-electron chi connectivity index (χ4n) is 5.04. The lowest BCUT2D eigenvalue weighted by Gasteiger charge is -2.32. The second kappa shape index (κ2) is 10.2. The van der Waals surface area contributed by atoms with Crippen molar-refractivity contribution in [2.45, 2.75) is 38.6 Å². The summed E-state index contributed by atoms with van der Waals surface area (Å²) in [4.78, 5) is 37.8. The van der Waals surface area contributed by atoms with Gasteiger partial charge in [0.05, 0.1) is 11.7 Å². The maximum absolute atomic E-state index is 12.6. The molecule has 9 nitrogen and oxygen atoms in total. The number of piperidine rings is 1. The number of hydrogen-bond acceptors (Lipinski definition) is 7. The molecule has 2 fully saturated rings. The normalized spacial score (nSPS) is 17.1. The molecule has 1 saturated heterocycles. The highest BCUT2D eigenvalue weighted by Crippen LogP contribution is 2.36. The van der Waals surface area contributed by atoms with E-state index in [1.165, 1.54) is 12.8 Å². The van der Waals surface area contributed by atoms with Crippen LogP contribution in [0.15, 0.2) is 35.3 Å². The van der Waals surface area contributed by atoms with E-state index in [1.54, 1.807) is 42.9 Å². The molecule has 1 atom stereocenters. The number of rotatable bonds is 7. The molecular formula is C27H34ClN7O2. The average Bonchev–Trinajstić information content (AvgIpc) is 3.74. The molecule has 1 aliphatic carbocycles. The first-order valence-corrected chi connectivity index (χ1v) is 13.2. The number of aromatic nitrogens is 3. The lowest BCUT2D eigenvalue weighted by molar-refractivity contribution is -0.133. The van der Waals surface area contributed by atoms with Gasteiger partial charge < -0.3 is 25.0 Å². The van der Waals surface area contributed by atoms with E-state index in [1.807, 2.05) is 18.2 Å². The SMILES string of the molecule is CC(Nc1cc(=O)n(C)c2ccc(Nc3nc(N4CCC(C(=O)N(C)C)CC4)ncc3Cl)cc12)C1CC1. The predicted molar refractivity (Wildman–Crippen MR) is 149 cm³/mol. The number of halogens is 1. The number of pyridine rings is 1. The van der Waals surface area contributed by atoms with Crippen LogP contribution in [0.5, 0.6) is 0 Å². The molecule has 5 rings (SSSR count). The van der Waals surface area contributed by atoms with Gasteiger partial charge in [-0.2, -0.15) is 4.98 Å². The van der Waals surface area contributed by atoms with Crippen LogP contribution in [0.4, 0.5) is 23.1 Å². The van der Waals surface area contributed by atoms with Crippen LogP contribution in [-0.2, 0) is 11.8 Å². The van der Waals surface area contributed by atoms with Gasteiger partial charge in [0.15, 0.2) is 5.82 Å². The Bertz CT molecular complexity index is 1380. The Kier molecular flexibility index (Phi) is 6.98. The Morgan fingerprint density at radius 1 is 1.16 bits per heavy atom. The molecule has 2 aromatic heterocycles. The third-order valence-corrected chi connectivity index (χ3v) is 7.80. The lowest BCUT2D eigenvalue weighted by atomic mass is 9.96. The molecule has 0 radical (unpaired) electrons. The second-order valence-corrected chi connectivity index (χ2v) is 10.9. The Morgan fingerprint density at radius 3 is 2.57 bits per heavy atom. The molecule has 3 aromatic rings. The highest BCUT2D eigenvalue weighted by molar-refractivity contribution is 6.32. The molecule has 10 heteroatoms. The van der Waals surface area contributed by atoms with E-state index in [2.05, 4.69) is 27.4 Å². The summed E-state index contributed by atoms with van der Waals surface area (Å²) >= 11 is 6.48. The quantitative estimate of drug-likeness (QED) is 0.478. The van der Waals surface area contributed by atoms with Gasteiger partial charge in [0.1, 0.15) is 5.02 Å². The number of aryl methyl sites for hydroxylation is 1. The van der Waals surface area contributed by atoms with E-state index >= 15 is 0 Å². The van der Waals surface area contributed by atoms with Crippen LogP contribution < -0.4 is 21.1 Å².